The number of ether oxygens (including phenoxy) is 1. The molecule has 136 valence electrons. The quantitative estimate of drug-likeness (QED) is 0.607. The number of hydrogen-bond donors (Lipinski definition) is 1. The number of benzene rings is 1. The Balaban J connectivity index is 1.81. The van der Waals surface area contributed by atoms with Crippen molar-refractivity contribution >= 4 is 27.8 Å². The highest BCUT2D eigenvalue weighted by molar-refractivity contribution is 5.96. The molecule has 1 aromatic carbocycles. The van der Waals surface area contributed by atoms with Gasteiger partial charge in [-0.15, -0.1) is 0 Å². The molecule has 1 aliphatic rings. The molecule has 4 aromatic rings. The van der Waals surface area contributed by atoms with Crippen LogP contribution in [-0.2, 0) is 6.42 Å². The summed E-state index contributed by atoms with van der Waals surface area (Å²) < 4.78 is 7.36. The van der Waals surface area contributed by atoms with E-state index in [4.69, 9.17) is 4.74 Å². The number of rotatable bonds is 3. The zero-order valence-corrected chi connectivity index (χ0v) is 15.2. The van der Waals surface area contributed by atoms with Crippen LogP contribution in [0.25, 0.3) is 27.8 Å². The zero-order chi connectivity index (χ0) is 18.5. The van der Waals surface area contributed by atoms with E-state index < -0.39 is 0 Å². The summed E-state index contributed by atoms with van der Waals surface area (Å²) in [6.07, 6.45) is 4.58. The van der Waals surface area contributed by atoms with Crippen LogP contribution in [0.1, 0.15) is 12.5 Å². The molecule has 0 radical (unpaired) electrons. The van der Waals surface area contributed by atoms with Gasteiger partial charge in [0.25, 0.3) is 0 Å². The average molecular weight is 361 g/mol. The number of nitrogens with zero attached hydrogens (tertiary/aromatic N) is 4. The molecule has 0 saturated carbocycles. The Bertz CT molecular complexity index is 1240. The largest absolute Gasteiger partial charge is 0.491 e. The zero-order valence-electron chi connectivity index (χ0n) is 15.2. The van der Waals surface area contributed by atoms with Crippen LogP contribution in [0.2, 0.25) is 0 Å². The molecule has 4 heterocycles. The second kappa shape index (κ2) is 5.84. The standard InChI is InChI=1S/C20H19N5O2/c1-3-27-16-6-8-21-19-18(16)25(20(26)23-19)13-4-5-15-14(10-13)17-12(11-22-15)7-9-24(17)2/h4-6,8,10-11H,3,7,9H2,1-2H3,(H,21,23,26). The lowest BCUT2D eigenvalue weighted by molar-refractivity contribution is 0.343. The van der Waals surface area contributed by atoms with E-state index in [0.29, 0.717) is 23.5 Å². The fourth-order valence-corrected chi connectivity index (χ4v) is 3.90. The Labute approximate surface area is 155 Å². The van der Waals surface area contributed by atoms with Crippen molar-refractivity contribution in [3.05, 3.63) is 52.7 Å². The molecule has 1 N–H and O–H groups in total. The van der Waals surface area contributed by atoms with E-state index in [1.165, 1.54) is 11.3 Å². The lowest BCUT2D eigenvalue weighted by Gasteiger charge is -2.15. The summed E-state index contributed by atoms with van der Waals surface area (Å²) in [5, 5.41) is 1.05. The van der Waals surface area contributed by atoms with Crippen molar-refractivity contribution in [3.63, 3.8) is 0 Å². The van der Waals surface area contributed by atoms with Crippen molar-refractivity contribution in [1.82, 2.24) is 19.5 Å². The first-order chi connectivity index (χ1) is 13.2. The van der Waals surface area contributed by atoms with Gasteiger partial charge in [-0.2, -0.15) is 0 Å². The second-order valence-electron chi connectivity index (χ2n) is 6.71. The number of fused-ring (bicyclic) bond motifs is 4. The van der Waals surface area contributed by atoms with Gasteiger partial charge in [0.2, 0.25) is 0 Å². The lowest BCUT2D eigenvalue weighted by Crippen LogP contribution is -2.15. The SMILES string of the molecule is CCOc1ccnc2[nH]c(=O)n(-c3ccc4ncc5c(c4c3)N(C)CC5)c12. The highest BCUT2D eigenvalue weighted by Gasteiger charge is 2.21. The van der Waals surface area contributed by atoms with Gasteiger partial charge in [-0.3, -0.25) is 14.5 Å². The summed E-state index contributed by atoms with van der Waals surface area (Å²) in [7, 11) is 2.09. The number of anilines is 1. The number of hydrogen-bond acceptors (Lipinski definition) is 5. The molecule has 0 unspecified atom stereocenters. The summed E-state index contributed by atoms with van der Waals surface area (Å²) in [5.74, 6) is 0.634. The molecule has 0 atom stereocenters. The average Bonchev–Trinajstić information content (AvgIpc) is 3.22. The van der Waals surface area contributed by atoms with Gasteiger partial charge >= 0.3 is 5.69 Å². The molecule has 0 saturated heterocycles. The van der Waals surface area contributed by atoms with Crippen molar-refractivity contribution in [2.75, 3.05) is 25.1 Å². The molecular weight excluding hydrogens is 342 g/mol. The fraction of sp³-hybridized carbons (Fsp3) is 0.250. The van der Waals surface area contributed by atoms with Crippen molar-refractivity contribution in [3.8, 4) is 11.4 Å². The summed E-state index contributed by atoms with van der Waals surface area (Å²) in [6, 6.07) is 7.68. The number of aromatic amines is 1. The minimum Gasteiger partial charge on any atom is -0.491 e. The third kappa shape index (κ3) is 2.31. The van der Waals surface area contributed by atoms with E-state index in [-0.39, 0.29) is 5.69 Å². The van der Waals surface area contributed by atoms with Crippen LogP contribution in [0.3, 0.4) is 0 Å². The Morgan fingerprint density at radius 1 is 1.26 bits per heavy atom. The van der Waals surface area contributed by atoms with Gasteiger partial charge in [0.15, 0.2) is 5.65 Å². The van der Waals surface area contributed by atoms with Gasteiger partial charge < -0.3 is 9.64 Å². The normalized spacial score (nSPS) is 13.5. The van der Waals surface area contributed by atoms with Crippen molar-refractivity contribution < 1.29 is 4.74 Å². The molecule has 0 bridgehead atoms. The summed E-state index contributed by atoms with van der Waals surface area (Å²) in [6.45, 7) is 3.41. The third-order valence-corrected chi connectivity index (χ3v) is 5.09. The number of aromatic nitrogens is 4. The van der Waals surface area contributed by atoms with Gasteiger partial charge in [-0.1, -0.05) is 0 Å². The Hall–Kier alpha value is -3.35. The van der Waals surface area contributed by atoms with E-state index >= 15 is 0 Å². The van der Waals surface area contributed by atoms with Crippen LogP contribution in [-0.4, -0.2) is 39.7 Å². The van der Waals surface area contributed by atoms with Crippen molar-refractivity contribution in [1.29, 1.82) is 0 Å². The maximum absolute atomic E-state index is 12.7. The maximum atomic E-state index is 12.7. The van der Waals surface area contributed by atoms with Crippen LogP contribution >= 0.6 is 0 Å². The third-order valence-electron chi connectivity index (χ3n) is 5.09. The van der Waals surface area contributed by atoms with E-state index in [1.54, 1.807) is 16.8 Å². The van der Waals surface area contributed by atoms with Crippen molar-refractivity contribution in [2.45, 2.75) is 13.3 Å². The Kier molecular flexibility index (Phi) is 3.43. The van der Waals surface area contributed by atoms with Gasteiger partial charge in [-0.25, -0.2) is 9.78 Å². The summed E-state index contributed by atoms with van der Waals surface area (Å²) in [5.41, 5.74) is 5.04. The molecule has 3 aromatic heterocycles. The number of nitrogens with one attached hydrogen (secondary N) is 1. The van der Waals surface area contributed by atoms with Crippen molar-refractivity contribution in [2.24, 2.45) is 0 Å². The first-order valence-electron chi connectivity index (χ1n) is 9.03. The van der Waals surface area contributed by atoms with Gasteiger partial charge in [0, 0.05) is 37.4 Å². The molecule has 7 nitrogen and oxygen atoms in total. The van der Waals surface area contributed by atoms with E-state index in [0.717, 1.165) is 29.6 Å². The Morgan fingerprint density at radius 2 is 2.15 bits per heavy atom. The number of H-pyrrole nitrogens is 1. The predicted molar refractivity (Wildman–Crippen MR) is 105 cm³/mol. The minimum atomic E-state index is -0.238. The van der Waals surface area contributed by atoms with Gasteiger partial charge in [0.05, 0.1) is 23.5 Å². The van der Waals surface area contributed by atoms with Gasteiger partial charge in [0.1, 0.15) is 11.3 Å². The number of likely N-dealkylation sites (N-methyl/N-ethyl adjacent to an activating group) is 1. The first kappa shape index (κ1) is 15.9. The molecule has 7 heteroatoms. The smallest absolute Gasteiger partial charge is 0.332 e. The second-order valence-corrected chi connectivity index (χ2v) is 6.71. The fourth-order valence-electron chi connectivity index (χ4n) is 3.90. The van der Waals surface area contributed by atoms with E-state index in [9.17, 15) is 4.79 Å². The van der Waals surface area contributed by atoms with Crippen LogP contribution in [0.5, 0.6) is 5.75 Å². The number of pyridine rings is 2. The first-order valence-corrected chi connectivity index (χ1v) is 9.03. The Morgan fingerprint density at radius 3 is 3.00 bits per heavy atom. The molecule has 0 amide bonds. The van der Waals surface area contributed by atoms with Crippen LogP contribution in [0, 0.1) is 0 Å². The summed E-state index contributed by atoms with van der Waals surface area (Å²) in [4.78, 5) is 26.7. The topological polar surface area (TPSA) is 76.0 Å². The highest BCUT2D eigenvalue weighted by atomic mass is 16.5. The minimum absolute atomic E-state index is 0.238. The maximum Gasteiger partial charge on any atom is 0.332 e. The highest BCUT2D eigenvalue weighted by Crippen LogP contribution is 2.35. The monoisotopic (exact) mass is 361 g/mol. The van der Waals surface area contributed by atoms with Gasteiger partial charge in [-0.05, 0) is 37.1 Å². The molecule has 0 fully saturated rings. The predicted octanol–water partition coefficient (Wildman–Crippen LogP) is 2.65. The molecule has 27 heavy (non-hydrogen) atoms. The van der Waals surface area contributed by atoms with Crippen LogP contribution in [0.4, 0.5) is 5.69 Å². The molecule has 0 spiro atoms. The van der Waals surface area contributed by atoms with Crippen LogP contribution < -0.4 is 15.3 Å². The molecule has 1 aliphatic heterocycles. The van der Waals surface area contributed by atoms with E-state index in [2.05, 4.69) is 26.9 Å². The van der Waals surface area contributed by atoms with Crippen LogP contribution in [0.15, 0.2) is 41.5 Å². The molecule has 5 rings (SSSR count). The van der Waals surface area contributed by atoms with E-state index in [1.807, 2.05) is 31.3 Å². The lowest BCUT2D eigenvalue weighted by atomic mass is 10.1. The summed E-state index contributed by atoms with van der Waals surface area (Å²) >= 11 is 0. The molecular formula is C20H19N5O2. The molecule has 0 aliphatic carbocycles. The number of imidazole rings is 1.